The molecule has 104 valence electrons. The van der Waals surface area contributed by atoms with Crippen molar-refractivity contribution < 1.29 is 5.11 Å². The second kappa shape index (κ2) is 7.33. The van der Waals surface area contributed by atoms with Gasteiger partial charge in [-0.05, 0) is 43.1 Å². The lowest BCUT2D eigenvalue weighted by atomic mass is 9.87. The molecular formula is C17H30O. The molecule has 2 aliphatic rings. The van der Waals surface area contributed by atoms with Gasteiger partial charge in [0.1, 0.15) is 0 Å². The summed E-state index contributed by atoms with van der Waals surface area (Å²) in [6, 6.07) is 0. The van der Waals surface area contributed by atoms with E-state index in [1.165, 1.54) is 69.8 Å². The zero-order valence-corrected chi connectivity index (χ0v) is 12.0. The minimum Gasteiger partial charge on any atom is -0.388 e. The zero-order chi connectivity index (χ0) is 12.8. The molecule has 0 aromatic heterocycles. The number of aliphatic hydroxyl groups is 1. The van der Waals surface area contributed by atoms with E-state index in [0.717, 1.165) is 12.3 Å². The summed E-state index contributed by atoms with van der Waals surface area (Å²) in [6.07, 6.45) is 16.7. The van der Waals surface area contributed by atoms with Crippen LogP contribution in [-0.4, -0.2) is 11.2 Å². The van der Waals surface area contributed by atoms with Gasteiger partial charge in [-0.3, -0.25) is 0 Å². The SMILES string of the molecule is CCCCCC/C=C1/CCC(C2CCCC2)C1O. The van der Waals surface area contributed by atoms with E-state index < -0.39 is 0 Å². The molecule has 0 amide bonds. The summed E-state index contributed by atoms with van der Waals surface area (Å²) in [4.78, 5) is 0. The van der Waals surface area contributed by atoms with Crippen LogP contribution in [0.5, 0.6) is 0 Å². The summed E-state index contributed by atoms with van der Waals surface area (Å²) in [7, 11) is 0. The van der Waals surface area contributed by atoms with Crippen LogP contribution >= 0.6 is 0 Å². The molecule has 0 bridgehead atoms. The van der Waals surface area contributed by atoms with E-state index >= 15 is 0 Å². The third-order valence-corrected chi connectivity index (χ3v) is 5.02. The van der Waals surface area contributed by atoms with Gasteiger partial charge in [0.2, 0.25) is 0 Å². The van der Waals surface area contributed by atoms with Crippen molar-refractivity contribution in [1.29, 1.82) is 0 Å². The van der Waals surface area contributed by atoms with Crippen LogP contribution in [0.15, 0.2) is 11.6 Å². The number of aliphatic hydroxyl groups excluding tert-OH is 1. The molecule has 0 heterocycles. The lowest BCUT2D eigenvalue weighted by Crippen LogP contribution is -2.21. The summed E-state index contributed by atoms with van der Waals surface area (Å²) in [5.74, 6) is 1.42. The molecule has 0 aromatic carbocycles. The fourth-order valence-electron chi connectivity index (χ4n) is 3.87. The van der Waals surface area contributed by atoms with E-state index in [1.807, 2.05) is 0 Å². The Hall–Kier alpha value is -0.300. The van der Waals surface area contributed by atoms with Crippen LogP contribution in [0.2, 0.25) is 0 Å². The number of hydrogen-bond acceptors (Lipinski definition) is 1. The highest BCUT2D eigenvalue weighted by Crippen LogP contribution is 2.42. The largest absolute Gasteiger partial charge is 0.388 e. The molecule has 2 fully saturated rings. The highest BCUT2D eigenvalue weighted by molar-refractivity contribution is 5.16. The fourth-order valence-corrected chi connectivity index (χ4v) is 3.87. The molecule has 1 heteroatoms. The van der Waals surface area contributed by atoms with Crippen molar-refractivity contribution in [2.45, 2.75) is 83.7 Å². The Balaban J connectivity index is 1.75. The van der Waals surface area contributed by atoms with Gasteiger partial charge in [0.25, 0.3) is 0 Å². The van der Waals surface area contributed by atoms with Gasteiger partial charge >= 0.3 is 0 Å². The van der Waals surface area contributed by atoms with Crippen molar-refractivity contribution in [2.75, 3.05) is 0 Å². The van der Waals surface area contributed by atoms with Gasteiger partial charge in [-0.15, -0.1) is 0 Å². The Morgan fingerprint density at radius 2 is 1.89 bits per heavy atom. The molecule has 0 spiro atoms. The quantitative estimate of drug-likeness (QED) is 0.528. The van der Waals surface area contributed by atoms with Crippen LogP contribution in [0.4, 0.5) is 0 Å². The molecule has 1 nitrogen and oxygen atoms in total. The molecule has 0 aliphatic heterocycles. The normalized spacial score (nSPS) is 31.6. The number of rotatable bonds is 6. The number of hydrogen-bond donors (Lipinski definition) is 1. The first-order valence-electron chi connectivity index (χ1n) is 8.20. The number of unbranched alkanes of at least 4 members (excludes halogenated alkanes) is 4. The van der Waals surface area contributed by atoms with E-state index in [9.17, 15) is 5.11 Å². The van der Waals surface area contributed by atoms with Gasteiger partial charge in [-0.2, -0.15) is 0 Å². The zero-order valence-electron chi connectivity index (χ0n) is 12.0. The average Bonchev–Trinajstić information content (AvgIpc) is 2.99. The highest BCUT2D eigenvalue weighted by atomic mass is 16.3. The lowest BCUT2D eigenvalue weighted by Gasteiger charge is -2.21. The first kappa shape index (κ1) is 14.1. The maximum Gasteiger partial charge on any atom is 0.0781 e. The van der Waals surface area contributed by atoms with E-state index in [1.54, 1.807) is 0 Å². The Morgan fingerprint density at radius 3 is 2.61 bits per heavy atom. The molecule has 1 N–H and O–H groups in total. The topological polar surface area (TPSA) is 20.2 Å². The van der Waals surface area contributed by atoms with Crippen molar-refractivity contribution in [3.8, 4) is 0 Å². The van der Waals surface area contributed by atoms with Crippen molar-refractivity contribution in [2.24, 2.45) is 11.8 Å². The Bertz CT molecular complexity index is 263. The van der Waals surface area contributed by atoms with Gasteiger partial charge in [0, 0.05) is 0 Å². The molecule has 2 unspecified atom stereocenters. The van der Waals surface area contributed by atoms with Crippen LogP contribution < -0.4 is 0 Å². The summed E-state index contributed by atoms with van der Waals surface area (Å²) in [5, 5.41) is 10.4. The van der Waals surface area contributed by atoms with Crippen molar-refractivity contribution in [3.63, 3.8) is 0 Å². The minimum absolute atomic E-state index is 0.0979. The van der Waals surface area contributed by atoms with E-state index in [4.69, 9.17) is 0 Å². The molecule has 2 saturated carbocycles. The number of allylic oxidation sites excluding steroid dienone is 1. The molecule has 2 atom stereocenters. The maximum absolute atomic E-state index is 10.4. The first-order chi connectivity index (χ1) is 8.83. The van der Waals surface area contributed by atoms with Gasteiger partial charge in [-0.25, -0.2) is 0 Å². The van der Waals surface area contributed by atoms with Crippen LogP contribution in [0, 0.1) is 11.8 Å². The molecule has 2 rings (SSSR count). The summed E-state index contributed by atoms with van der Waals surface area (Å²) < 4.78 is 0. The Labute approximate surface area is 113 Å². The fraction of sp³-hybridized carbons (Fsp3) is 0.882. The molecule has 0 aromatic rings. The van der Waals surface area contributed by atoms with Gasteiger partial charge in [-0.1, -0.05) is 57.9 Å². The van der Waals surface area contributed by atoms with Gasteiger partial charge < -0.3 is 5.11 Å². The van der Waals surface area contributed by atoms with Crippen LogP contribution in [-0.2, 0) is 0 Å². The summed E-state index contributed by atoms with van der Waals surface area (Å²) >= 11 is 0. The predicted octanol–water partition coefficient (Wildman–Crippen LogP) is 4.84. The predicted molar refractivity (Wildman–Crippen MR) is 77.5 cm³/mol. The summed E-state index contributed by atoms with van der Waals surface area (Å²) in [5.41, 5.74) is 1.36. The van der Waals surface area contributed by atoms with Gasteiger partial charge in [0.15, 0.2) is 0 Å². The van der Waals surface area contributed by atoms with E-state index in [-0.39, 0.29) is 6.10 Å². The molecular weight excluding hydrogens is 220 g/mol. The van der Waals surface area contributed by atoms with E-state index in [2.05, 4.69) is 13.0 Å². The van der Waals surface area contributed by atoms with Crippen LogP contribution in [0.25, 0.3) is 0 Å². The Kier molecular flexibility index (Phi) is 5.75. The van der Waals surface area contributed by atoms with Crippen molar-refractivity contribution in [1.82, 2.24) is 0 Å². The van der Waals surface area contributed by atoms with Crippen LogP contribution in [0.1, 0.15) is 77.6 Å². The second-order valence-electron chi connectivity index (χ2n) is 6.32. The monoisotopic (exact) mass is 250 g/mol. The van der Waals surface area contributed by atoms with Crippen molar-refractivity contribution >= 4 is 0 Å². The smallest absolute Gasteiger partial charge is 0.0781 e. The molecule has 18 heavy (non-hydrogen) atoms. The molecule has 0 radical (unpaired) electrons. The average molecular weight is 250 g/mol. The standard InChI is InChI=1S/C17H30O/c1-2-3-4-5-6-11-15-12-13-16(17(15)18)14-9-7-8-10-14/h11,14,16-18H,2-10,12-13H2,1H3/b15-11-. The third kappa shape index (κ3) is 3.60. The van der Waals surface area contributed by atoms with Gasteiger partial charge in [0.05, 0.1) is 6.10 Å². The summed E-state index contributed by atoms with van der Waals surface area (Å²) in [6.45, 7) is 2.26. The lowest BCUT2D eigenvalue weighted by molar-refractivity contribution is 0.123. The third-order valence-electron chi connectivity index (χ3n) is 5.02. The van der Waals surface area contributed by atoms with Crippen molar-refractivity contribution in [3.05, 3.63) is 11.6 Å². The second-order valence-corrected chi connectivity index (χ2v) is 6.32. The van der Waals surface area contributed by atoms with E-state index in [0.29, 0.717) is 5.92 Å². The molecule has 0 saturated heterocycles. The molecule has 2 aliphatic carbocycles. The Morgan fingerprint density at radius 1 is 1.11 bits per heavy atom. The minimum atomic E-state index is -0.0979. The maximum atomic E-state index is 10.4. The van der Waals surface area contributed by atoms with Crippen LogP contribution in [0.3, 0.4) is 0 Å². The first-order valence-corrected chi connectivity index (χ1v) is 8.20. The highest BCUT2D eigenvalue weighted by Gasteiger charge is 2.36.